The smallest absolute Gasteiger partial charge is 0.383 e. The van der Waals surface area contributed by atoms with Gasteiger partial charge in [-0.15, -0.1) is 11.3 Å². The van der Waals surface area contributed by atoms with Gasteiger partial charge in [0.15, 0.2) is 6.10 Å². The zero-order valence-corrected chi connectivity index (χ0v) is 8.71. The molecule has 0 radical (unpaired) electrons. The van der Waals surface area contributed by atoms with Crippen molar-refractivity contribution in [3.8, 4) is 0 Å². The summed E-state index contributed by atoms with van der Waals surface area (Å²) < 4.78 is 36.4. The lowest BCUT2D eigenvalue weighted by atomic mass is 10.2. The van der Waals surface area contributed by atoms with Gasteiger partial charge in [-0.2, -0.15) is 13.2 Å². The first-order valence-electron chi connectivity index (χ1n) is 3.38. The molecule has 13 heavy (non-hydrogen) atoms. The van der Waals surface area contributed by atoms with Gasteiger partial charge in [0.25, 0.3) is 0 Å². The number of halogens is 4. The highest BCUT2D eigenvalue weighted by molar-refractivity contribution is 9.11. The van der Waals surface area contributed by atoms with Crippen molar-refractivity contribution in [3.05, 3.63) is 20.8 Å². The Kier molecular flexibility index (Phi) is 3.37. The highest BCUT2D eigenvalue weighted by Gasteiger charge is 2.38. The molecule has 0 fully saturated rings. The normalized spacial score (nSPS) is 14.5. The fraction of sp³-hybridized carbons (Fsp3) is 0.429. The van der Waals surface area contributed by atoms with Crippen LogP contribution in [0.25, 0.3) is 0 Å². The van der Waals surface area contributed by atoms with Crippen LogP contribution >= 0.6 is 27.3 Å². The van der Waals surface area contributed by atoms with E-state index in [2.05, 4.69) is 15.9 Å². The molecule has 1 nitrogen and oxygen atoms in total. The van der Waals surface area contributed by atoms with Crippen molar-refractivity contribution in [3.63, 3.8) is 0 Å². The van der Waals surface area contributed by atoms with Crippen LogP contribution in [0.1, 0.15) is 4.88 Å². The second-order valence-corrected chi connectivity index (χ2v) is 5.01. The van der Waals surface area contributed by atoms with Gasteiger partial charge >= 0.3 is 6.18 Å². The molecule has 1 rings (SSSR count). The number of aliphatic hydroxyl groups is 1. The molecular formula is C7H6BrF3OS. The molecule has 1 atom stereocenters. The summed E-state index contributed by atoms with van der Waals surface area (Å²) in [5.41, 5.74) is 0. The Hall–Kier alpha value is -0.0700. The number of alkyl halides is 3. The van der Waals surface area contributed by atoms with Gasteiger partial charge in [-0.25, -0.2) is 0 Å². The van der Waals surface area contributed by atoms with Gasteiger partial charge in [0.2, 0.25) is 0 Å². The van der Waals surface area contributed by atoms with Crippen LogP contribution in [0.15, 0.2) is 15.9 Å². The summed E-state index contributed by atoms with van der Waals surface area (Å²) in [5.74, 6) is 0. The first-order valence-corrected chi connectivity index (χ1v) is 4.99. The predicted molar refractivity (Wildman–Crippen MR) is 47.8 cm³/mol. The van der Waals surface area contributed by atoms with E-state index in [-0.39, 0.29) is 6.42 Å². The lowest BCUT2D eigenvalue weighted by Crippen LogP contribution is -2.30. The van der Waals surface area contributed by atoms with Gasteiger partial charge in [-0.05, 0) is 28.1 Å². The molecule has 0 saturated heterocycles. The standard InChI is InChI=1S/C7H6BrF3OS/c8-6-2-1-4(13-6)3-5(12)7(9,10)11/h1-2,5,12H,3H2/t5-/m1/s1. The SMILES string of the molecule is O[C@H](Cc1ccc(Br)s1)C(F)(F)F. The fourth-order valence-electron chi connectivity index (χ4n) is 0.768. The molecular weight excluding hydrogens is 269 g/mol. The summed E-state index contributed by atoms with van der Waals surface area (Å²) in [6, 6.07) is 3.22. The van der Waals surface area contributed by atoms with E-state index in [1.54, 1.807) is 12.1 Å². The van der Waals surface area contributed by atoms with E-state index in [1.165, 1.54) is 11.3 Å². The molecule has 0 saturated carbocycles. The first-order chi connectivity index (χ1) is 5.89. The summed E-state index contributed by atoms with van der Waals surface area (Å²) >= 11 is 4.32. The van der Waals surface area contributed by atoms with Gasteiger partial charge in [0, 0.05) is 11.3 Å². The lowest BCUT2D eigenvalue weighted by molar-refractivity contribution is -0.202. The molecule has 1 aromatic heterocycles. The first kappa shape index (κ1) is 11.0. The second-order valence-electron chi connectivity index (χ2n) is 2.47. The topological polar surface area (TPSA) is 20.2 Å². The zero-order chi connectivity index (χ0) is 10.1. The van der Waals surface area contributed by atoms with Gasteiger partial charge in [0.05, 0.1) is 3.79 Å². The Balaban J connectivity index is 2.60. The Morgan fingerprint density at radius 3 is 2.46 bits per heavy atom. The van der Waals surface area contributed by atoms with E-state index in [4.69, 9.17) is 5.11 Å². The Bertz CT molecular complexity index is 284. The minimum atomic E-state index is -4.53. The molecule has 1 heterocycles. The average molecular weight is 275 g/mol. The molecule has 0 spiro atoms. The van der Waals surface area contributed by atoms with Gasteiger partial charge in [-0.3, -0.25) is 0 Å². The highest BCUT2D eigenvalue weighted by Crippen LogP contribution is 2.27. The quantitative estimate of drug-likeness (QED) is 0.879. The van der Waals surface area contributed by atoms with E-state index in [9.17, 15) is 13.2 Å². The largest absolute Gasteiger partial charge is 0.414 e. The molecule has 74 valence electrons. The minimum absolute atomic E-state index is 0.375. The van der Waals surface area contributed by atoms with Gasteiger partial charge in [0.1, 0.15) is 0 Å². The molecule has 0 aliphatic rings. The molecule has 0 unspecified atom stereocenters. The third kappa shape index (κ3) is 3.28. The molecule has 1 N–H and O–H groups in total. The van der Waals surface area contributed by atoms with E-state index in [1.807, 2.05) is 0 Å². The molecule has 0 aliphatic carbocycles. The fourth-order valence-corrected chi connectivity index (χ4v) is 2.29. The monoisotopic (exact) mass is 274 g/mol. The second kappa shape index (κ2) is 3.98. The minimum Gasteiger partial charge on any atom is -0.383 e. The van der Waals surface area contributed by atoms with Crippen molar-refractivity contribution in [2.45, 2.75) is 18.7 Å². The van der Waals surface area contributed by atoms with Crippen LogP contribution in [0, 0.1) is 0 Å². The summed E-state index contributed by atoms with van der Waals surface area (Å²) in [6.45, 7) is 0. The van der Waals surface area contributed by atoms with E-state index in [0.29, 0.717) is 4.88 Å². The van der Waals surface area contributed by atoms with Crippen LogP contribution in [0.3, 0.4) is 0 Å². The van der Waals surface area contributed by atoms with Crippen LogP contribution in [-0.2, 0) is 6.42 Å². The zero-order valence-electron chi connectivity index (χ0n) is 6.31. The number of hydrogen-bond donors (Lipinski definition) is 1. The average Bonchev–Trinajstić information content (AvgIpc) is 2.33. The molecule has 0 bridgehead atoms. The third-order valence-corrected chi connectivity index (χ3v) is 3.05. The highest BCUT2D eigenvalue weighted by atomic mass is 79.9. The van der Waals surface area contributed by atoms with Crippen molar-refractivity contribution in [1.82, 2.24) is 0 Å². The maximum atomic E-state index is 11.9. The van der Waals surface area contributed by atoms with Crippen LogP contribution in [0.2, 0.25) is 0 Å². The number of rotatable bonds is 2. The lowest BCUT2D eigenvalue weighted by Gasteiger charge is -2.12. The van der Waals surface area contributed by atoms with Crippen LogP contribution in [0.4, 0.5) is 13.2 Å². The Labute approximate surface area is 85.3 Å². The summed E-state index contributed by atoms with van der Waals surface area (Å²) in [7, 11) is 0. The van der Waals surface area contributed by atoms with E-state index in [0.717, 1.165) is 3.79 Å². The summed E-state index contributed by atoms with van der Waals surface area (Å²) in [5, 5.41) is 8.71. The third-order valence-electron chi connectivity index (χ3n) is 1.40. The van der Waals surface area contributed by atoms with Crippen molar-refractivity contribution in [2.75, 3.05) is 0 Å². The molecule has 0 aliphatic heterocycles. The van der Waals surface area contributed by atoms with E-state index >= 15 is 0 Å². The molecule has 0 aromatic carbocycles. The van der Waals surface area contributed by atoms with Crippen molar-refractivity contribution in [2.24, 2.45) is 0 Å². The maximum absolute atomic E-state index is 11.9. The van der Waals surface area contributed by atoms with Crippen LogP contribution < -0.4 is 0 Å². The molecule has 6 heteroatoms. The van der Waals surface area contributed by atoms with E-state index < -0.39 is 12.3 Å². The van der Waals surface area contributed by atoms with Crippen molar-refractivity contribution < 1.29 is 18.3 Å². The van der Waals surface area contributed by atoms with Crippen molar-refractivity contribution in [1.29, 1.82) is 0 Å². The van der Waals surface area contributed by atoms with Crippen LogP contribution in [-0.4, -0.2) is 17.4 Å². The predicted octanol–water partition coefficient (Wildman–Crippen LogP) is 2.98. The van der Waals surface area contributed by atoms with Crippen molar-refractivity contribution >= 4 is 27.3 Å². The van der Waals surface area contributed by atoms with Crippen LogP contribution in [0.5, 0.6) is 0 Å². The Morgan fingerprint density at radius 1 is 1.46 bits per heavy atom. The van der Waals surface area contributed by atoms with Gasteiger partial charge < -0.3 is 5.11 Å². The van der Waals surface area contributed by atoms with Gasteiger partial charge in [-0.1, -0.05) is 0 Å². The number of hydrogen-bond acceptors (Lipinski definition) is 2. The summed E-state index contributed by atoms with van der Waals surface area (Å²) in [4.78, 5) is 0.511. The number of aliphatic hydroxyl groups excluding tert-OH is 1. The maximum Gasteiger partial charge on any atom is 0.414 e. The number of thiophene rings is 1. The molecule has 1 aromatic rings. The molecule has 0 amide bonds. The summed E-state index contributed by atoms with van der Waals surface area (Å²) in [6.07, 6.45) is -7.17. The Morgan fingerprint density at radius 2 is 2.08 bits per heavy atom.